The zero-order chi connectivity index (χ0) is 17.9. The van der Waals surface area contributed by atoms with Gasteiger partial charge >= 0.3 is 6.03 Å². The number of ether oxygens (including phenoxy) is 2. The Morgan fingerprint density at radius 2 is 1.69 bits per heavy atom. The molecule has 2 bridgehead atoms. The van der Waals surface area contributed by atoms with E-state index in [1.807, 2.05) is 41.3 Å². The van der Waals surface area contributed by atoms with E-state index in [2.05, 4.69) is 10.3 Å². The van der Waals surface area contributed by atoms with E-state index in [0.29, 0.717) is 0 Å². The van der Waals surface area contributed by atoms with E-state index in [-0.39, 0.29) is 24.2 Å². The molecule has 26 heavy (non-hydrogen) atoms. The summed E-state index contributed by atoms with van der Waals surface area (Å²) >= 11 is 0. The molecule has 2 fully saturated rings. The standard InChI is InChI=1S/C20H23N3O3/c1-25-17-6-2-14(3-7-17)22-20(24)23-15-4-5-16(23)13-19(12-15)26-18-8-10-21-11-9-18/h2-3,6-11,15-16,19H,4-5,12-13H2,1H3,(H,22,24). The Balaban J connectivity index is 1.38. The molecule has 2 atom stereocenters. The Morgan fingerprint density at radius 3 is 2.31 bits per heavy atom. The Hall–Kier alpha value is -2.76. The van der Waals surface area contributed by atoms with Gasteiger partial charge in [-0.25, -0.2) is 4.79 Å². The van der Waals surface area contributed by atoms with Gasteiger partial charge in [-0.1, -0.05) is 0 Å². The van der Waals surface area contributed by atoms with E-state index in [1.165, 1.54) is 0 Å². The number of amides is 2. The number of rotatable bonds is 4. The summed E-state index contributed by atoms with van der Waals surface area (Å²) < 4.78 is 11.3. The molecule has 1 N–H and O–H groups in total. The molecule has 0 saturated carbocycles. The van der Waals surface area contributed by atoms with Gasteiger partial charge in [0.1, 0.15) is 17.6 Å². The molecule has 1 aromatic carbocycles. The molecule has 0 spiro atoms. The van der Waals surface area contributed by atoms with Gasteiger partial charge in [0.05, 0.1) is 7.11 Å². The number of carbonyl (C=O) groups is 1. The lowest BCUT2D eigenvalue weighted by molar-refractivity contribution is 0.0732. The third-order valence-electron chi connectivity index (χ3n) is 5.22. The van der Waals surface area contributed by atoms with Crippen LogP contribution in [0.4, 0.5) is 10.5 Å². The number of piperidine rings is 1. The first-order valence-electron chi connectivity index (χ1n) is 9.03. The fourth-order valence-electron chi connectivity index (χ4n) is 4.03. The lowest BCUT2D eigenvalue weighted by atomic mass is 10.00. The van der Waals surface area contributed by atoms with Gasteiger partial charge in [0.25, 0.3) is 0 Å². The second-order valence-electron chi connectivity index (χ2n) is 6.85. The number of nitrogens with one attached hydrogen (secondary N) is 1. The van der Waals surface area contributed by atoms with Gasteiger partial charge in [-0.2, -0.15) is 0 Å². The quantitative estimate of drug-likeness (QED) is 0.910. The van der Waals surface area contributed by atoms with Crippen LogP contribution in [0.15, 0.2) is 48.8 Å². The summed E-state index contributed by atoms with van der Waals surface area (Å²) in [6.07, 6.45) is 7.44. The first-order chi connectivity index (χ1) is 12.7. The molecule has 4 rings (SSSR count). The lowest BCUT2D eigenvalue weighted by Gasteiger charge is -2.38. The molecule has 1 aromatic heterocycles. The van der Waals surface area contributed by atoms with E-state index in [0.717, 1.165) is 42.9 Å². The van der Waals surface area contributed by atoms with Crippen LogP contribution < -0.4 is 14.8 Å². The smallest absolute Gasteiger partial charge is 0.322 e. The number of hydrogen-bond donors (Lipinski definition) is 1. The maximum atomic E-state index is 12.8. The van der Waals surface area contributed by atoms with Crippen LogP contribution in [0.3, 0.4) is 0 Å². The molecule has 6 nitrogen and oxygen atoms in total. The van der Waals surface area contributed by atoms with Crippen LogP contribution in [0, 0.1) is 0 Å². The number of urea groups is 1. The highest BCUT2D eigenvalue weighted by molar-refractivity contribution is 5.90. The second-order valence-corrected chi connectivity index (χ2v) is 6.85. The van der Waals surface area contributed by atoms with Crippen LogP contribution in [-0.2, 0) is 0 Å². The zero-order valence-electron chi connectivity index (χ0n) is 14.8. The number of anilines is 1. The van der Waals surface area contributed by atoms with Crippen LogP contribution in [0.1, 0.15) is 25.7 Å². The predicted octanol–water partition coefficient (Wildman–Crippen LogP) is 3.70. The van der Waals surface area contributed by atoms with Gasteiger partial charge in [0, 0.05) is 43.0 Å². The summed E-state index contributed by atoms with van der Waals surface area (Å²) in [4.78, 5) is 18.8. The topological polar surface area (TPSA) is 63.7 Å². The van der Waals surface area contributed by atoms with Crippen molar-refractivity contribution in [2.75, 3.05) is 12.4 Å². The van der Waals surface area contributed by atoms with E-state index < -0.39 is 0 Å². The van der Waals surface area contributed by atoms with Crippen LogP contribution in [-0.4, -0.2) is 41.2 Å². The van der Waals surface area contributed by atoms with Crippen molar-refractivity contribution < 1.29 is 14.3 Å². The first kappa shape index (κ1) is 16.7. The minimum Gasteiger partial charge on any atom is -0.497 e. The third-order valence-corrected chi connectivity index (χ3v) is 5.22. The number of hydrogen-bond acceptors (Lipinski definition) is 4. The highest BCUT2D eigenvalue weighted by atomic mass is 16.5. The third kappa shape index (κ3) is 3.45. The van der Waals surface area contributed by atoms with Crippen molar-refractivity contribution >= 4 is 11.7 Å². The monoisotopic (exact) mass is 353 g/mol. The largest absolute Gasteiger partial charge is 0.497 e. The molecule has 2 aliphatic heterocycles. The van der Waals surface area contributed by atoms with Crippen molar-refractivity contribution in [1.82, 2.24) is 9.88 Å². The minimum atomic E-state index is -0.0231. The van der Waals surface area contributed by atoms with E-state index in [4.69, 9.17) is 9.47 Å². The highest BCUT2D eigenvalue weighted by Crippen LogP contribution is 2.37. The van der Waals surface area contributed by atoms with Gasteiger partial charge < -0.3 is 19.7 Å². The molecule has 0 aliphatic carbocycles. The highest BCUT2D eigenvalue weighted by Gasteiger charge is 2.44. The fourth-order valence-corrected chi connectivity index (χ4v) is 4.03. The Morgan fingerprint density at radius 1 is 1.04 bits per heavy atom. The SMILES string of the molecule is COc1ccc(NC(=O)N2C3CCC2CC(Oc2ccncc2)C3)cc1. The molecule has 0 radical (unpaired) electrons. The summed E-state index contributed by atoms with van der Waals surface area (Å²) in [6.45, 7) is 0. The minimum absolute atomic E-state index is 0.0231. The van der Waals surface area contributed by atoms with Crippen molar-refractivity contribution in [3.8, 4) is 11.5 Å². The Bertz CT molecular complexity index is 737. The van der Waals surface area contributed by atoms with Gasteiger partial charge in [0.2, 0.25) is 0 Å². The summed E-state index contributed by atoms with van der Waals surface area (Å²) in [5, 5.41) is 3.01. The van der Waals surface area contributed by atoms with Crippen molar-refractivity contribution in [3.63, 3.8) is 0 Å². The van der Waals surface area contributed by atoms with Gasteiger partial charge in [0.15, 0.2) is 0 Å². The zero-order valence-corrected chi connectivity index (χ0v) is 14.8. The molecule has 6 heteroatoms. The van der Waals surface area contributed by atoms with Gasteiger partial charge in [-0.3, -0.25) is 4.98 Å². The Labute approximate surface area is 153 Å². The summed E-state index contributed by atoms with van der Waals surface area (Å²) in [5.41, 5.74) is 0.783. The number of carbonyl (C=O) groups excluding carboxylic acids is 1. The number of aromatic nitrogens is 1. The number of methoxy groups -OCH3 is 1. The van der Waals surface area contributed by atoms with Crippen LogP contribution in [0.25, 0.3) is 0 Å². The molecular formula is C20H23N3O3. The van der Waals surface area contributed by atoms with E-state index >= 15 is 0 Å². The fraction of sp³-hybridized carbons (Fsp3) is 0.400. The van der Waals surface area contributed by atoms with E-state index in [1.54, 1.807) is 19.5 Å². The summed E-state index contributed by atoms with van der Waals surface area (Å²) in [6, 6.07) is 11.6. The number of pyridine rings is 1. The number of fused-ring (bicyclic) bond motifs is 2. The van der Waals surface area contributed by atoms with Crippen LogP contribution in [0.5, 0.6) is 11.5 Å². The molecule has 3 heterocycles. The van der Waals surface area contributed by atoms with E-state index in [9.17, 15) is 4.79 Å². The number of benzene rings is 1. The average molecular weight is 353 g/mol. The molecule has 2 unspecified atom stereocenters. The van der Waals surface area contributed by atoms with Gasteiger partial charge in [-0.15, -0.1) is 0 Å². The predicted molar refractivity (Wildman–Crippen MR) is 98.5 cm³/mol. The maximum Gasteiger partial charge on any atom is 0.322 e. The van der Waals surface area contributed by atoms with Crippen molar-refractivity contribution in [2.24, 2.45) is 0 Å². The van der Waals surface area contributed by atoms with Crippen molar-refractivity contribution in [3.05, 3.63) is 48.8 Å². The molecule has 2 saturated heterocycles. The average Bonchev–Trinajstić information content (AvgIpc) is 2.94. The molecule has 2 amide bonds. The normalized spacial score (nSPS) is 24.2. The van der Waals surface area contributed by atoms with Crippen molar-refractivity contribution in [2.45, 2.75) is 43.9 Å². The molecule has 2 aliphatic rings. The first-order valence-corrected chi connectivity index (χ1v) is 9.03. The summed E-state index contributed by atoms with van der Waals surface area (Å²) in [5.74, 6) is 1.62. The van der Waals surface area contributed by atoms with Crippen molar-refractivity contribution in [1.29, 1.82) is 0 Å². The number of nitrogens with zero attached hydrogens (tertiary/aromatic N) is 2. The molecule has 136 valence electrons. The van der Waals surface area contributed by atoms with Gasteiger partial charge in [-0.05, 0) is 49.2 Å². The molecule has 2 aromatic rings. The van der Waals surface area contributed by atoms with Crippen LogP contribution >= 0.6 is 0 Å². The summed E-state index contributed by atoms with van der Waals surface area (Å²) in [7, 11) is 1.63. The molecular weight excluding hydrogens is 330 g/mol. The van der Waals surface area contributed by atoms with Crippen LogP contribution in [0.2, 0.25) is 0 Å². The maximum absolute atomic E-state index is 12.8. The Kier molecular flexibility index (Phi) is 4.65. The lowest BCUT2D eigenvalue weighted by Crippen LogP contribution is -2.50. The second kappa shape index (κ2) is 7.23.